The summed E-state index contributed by atoms with van der Waals surface area (Å²) in [6, 6.07) is 2.42. The average molecular weight is 239 g/mol. The van der Waals surface area contributed by atoms with Gasteiger partial charge in [0.2, 0.25) is 0 Å². The highest BCUT2D eigenvalue weighted by atomic mass is 19.1. The van der Waals surface area contributed by atoms with E-state index in [2.05, 4.69) is 4.98 Å². The summed E-state index contributed by atoms with van der Waals surface area (Å²) in [4.78, 5) is 27.0. The fraction of sp³-hybridized carbons (Fsp3) is 0.417. The van der Waals surface area contributed by atoms with Gasteiger partial charge in [0.15, 0.2) is 5.78 Å². The molecule has 1 unspecified atom stereocenters. The lowest BCUT2D eigenvalue weighted by Crippen LogP contribution is -2.23. The van der Waals surface area contributed by atoms with Gasteiger partial charge in [0.25, 0.3) is 0 Å². The van der Waals surface area contributed by atoms with E-state index in [1.807, 2.05) is 0 Å². The molecule has 4 nitrogen and oxygen atoms in total. The maximum atomic E-state index is 12.6. The Bertz CT molecular complexity index is 403. The highest BCUT2D eigenvalue weighted by Gasteiger charge is 2.23. The van der Waals surface area contributed by atoms with Crippen molar-refractivity contribution in [3.8, 4) is 0 Å². The van der Waals surface area contributed by atoms with Crippen molar-refractivity contribution in [1.29, 1.82) is 0 Å². The summed E-state index contributed by atoms with van der Waals surface area (Å²) >= 11 is 0. The number of carbonyl (C=O) groups is 2. The van der Waals surface area contributed by atoms with Gasteiger partial charge in [0, 0.05) is 13.5 Å². The second-order valence-corrected chi connectivity index (χ2v) is 3.66. The molecule has 1 aromatic heterocycles. The Labute approximate surface area is 98.8 Å². The third-order valence-electron chi connectivity index (χ3n) is 2.41. The molecule has 5 heteroatoms. The Morgan fingerprint density at radius 3 is 2.71 bits per heavy atom. The number of hydrogen-bond acceptors (Lipinski definition) is 4. The van der Waals surface area contributed by atoms with E-state index in [-0.39, 0.29) is 24.5 Å². The summed E-state index contributed by atoms with van der Waals surface area (Å²) in [6.45, 7) is 1.80. The number of ketones is 2. The van der Waals surface area contributed by atoms with Crippen LogP contribution in [0.15, 0.2) is 18.3 Å². The SMILES string of the molecule is COCCC(=O)C(C)C(=O)c1ccc(F)cn1. The molecule has 0 aromatic carbocycles. The highest BCUT2D eigenvalue weighted by molar-refractivity contribution is 6.09. The Balaban J connectivity index is 2.69. The molecule has 1 atom stereocenters. The average Bonchev–Trinajstić information content (AvgIpc) is 2.35. The molecule has 0 aliphatic heterocycles. The van der Waals surface area contributed by atoms with E-state index in [4.69, 9.17) is 4.74 Å². The zero-order valence-electron chi connectivity index (χ0n) is 9.77. The predicted molar refractivity (Wildman–Crippen MR) is 59.2 cm³/mol. The lowest BCUT2D eigenvalue weighted by atomic mass is 9.97. The smallest absolute Gasteiger partial charge is 0.191 e. The van der Waals surface area contributed by atoms with E-state index in [1.165, 1.54) is 20.1 Å². The van der Waals surface area contributed by atoms with Crippen molar-refractivity contribution in [2.75, 3.05) is 13.7 Å². The zero-order valence-corrected chi connectivity index (χ0v) is 9.77. The van der Waals surface area contributed by atoms with E-state index in [9.17, 15) is 14.0 Å². The first kappa shape index (κ1) is 13.4. The molecule has 1 rings (SSSR count). The maximum absolute atomic E-state index is 12.6. The van der Waals surface area contributed by atoms with Crippen LogP contribution in [-0.4, -0.2) is 30.3 Å². The van der Waals surface area contributed by atoms with Gasteiger partial charge in [0.05, 0.1) is 18.7 Å². The van der Waals surface area contributed by atoms with Gasteiger partial charge in [-0.25, -0.2) is 4.39 Å². The Morgan fingerprint density at radius 1 is 1.47 bits per heavy atom. The second kappa shape index (κ2) is 6.20. The van der Waals surface area contributed by atoms with E-state index in [0.717, 1.165) is 12.3 Å². The number of rotatable bonds is 6. The summed E-state index contributed by atoms with van der Waals surface area (Å²) in [5.74, 6) is -1.89. The molecule has 17 heavy (non-hydrogen) atoms. The summed E-state index contributed by atoms with van der Waals surface area (Å²) in [5, 5.41) is 0. The van der Waals surface area contributed by atoms with Crippen molar-refractivity contribution in [2.45, 2.75) is 13.3 Å². The molecule has 0 saturated heterocycles. The number of Topliss-reactive ketones (excluding diaryl/α,β-unsaturated/α-hetero) is 2. The maximum Gasteiger partial charge on any atom is 0.191 e. The monoisotopic (exact) mass is 239 g/mol. The standard InChI is InChI=1S/C12H14FNO3/c1-8(11(15)5-6-17-2)12(16)10-4-3-9(13)7-14-10/h3-4,7-8H,5-6H2,1-2H3. The number of methoxy groups -OCH3 is 1. The Kier molecular flexibility index (Phi) is 4.90. The number of ether oxygens (including phenoxy) is 1. The third-order valence-corrected chi connectivity index (χ3v) is 2.41. The number of aromatic nitrogens is 1. The molecule has 0 N–H and O–H groups in total. The van der Waals surface area contributed by atoms with E-state index in [0.29, 0.717) is 0 Å². The van der Waals surface area contributed by atoms with Gasteiger partial charge in [-0.2, -0.15) is 0 Å². The van der Waals surface area contributed by atoms with Gasteiger partial charge in [-0.1, -0.05) is 0 Å². The first-order valence-corrected chi connectivity index (χ1v) is 5.23. The van der Waals surface area contributed by atoms with Gasteiger partial charge in [-0.05, 0) is 19.1 Å². The van der Waals surface area contributed by atoms with Gasteiger partial charge < -0.3 is 4.74 Å². The van der Waals surface area contributed by atoms with Crippen LogP contribution in [0.3, 0.4) is 0 Å². The van der Waals surface area contributed by atoms with Gasteiger partial charge in [0.1, 0.15) is 17.3 Å². The number of pyridine rings is 1. The largest absolute Gasteiger partial charge is 0.384 e. The van der Waals surface area contributed by atoms with Crippen LogP contribution in [0.1, 0.15) is 23.8 Å². The molecular weight excluding hydrogens is 225 g/mol. The second-order valence-electron chi connectivity index (χ2n) is 3.66. The molecule has 0 fully saturated rings. The summed E-state index contributed by atoms with van der Waals surface area (Å²) < 4.78 is 17.4. The lowest BCUT2D eigenvalue weighted by Gasteiger charge is -2.08. The Morgan fingerprint density at radius 2 is 2.18 bits per heavy atom. The third kappa shape index (κ3) is 3.71. The van der Waals surface area contributed by atoms with Crippen molar-refractivity contribution >= 4 is 11.6 Å². The van der Waals surface area contributed by atoms with Gasteiger partial charge in [-0.3, -0.25) is 14.6 Å². The quantitative estimate of drug-likeness (QED) is 0.559. The van der Waals surface area contributed by atoms with Crippen LogP contribution in [-0.2, 0) is 9.53 Å². The normalized spacial score (nSPS) is 12.2. The fourth-order valence-corrected chi connectivity index (χ4v) is 1.31. The minimum absolute atomic E-state index is 0.102. The highest BCUT2D eigenvalue weighted by Crippen LogP contribution is 2.10. The van der Waals surface area contributed by atoms with Crippen LogP contribution in [0.25, 0.3) is 0 Å². The molecule has 0 radical (unpaired) electrons. The van der Waals surface area contributed by atoms with E-state index < -0.39 is 17.5 Å². The van der Waals surface area contributed by atoms with Gasteiger partial charge in [-0.15, -0.1) is 0 Å². The molecular formula is C12H14FNO3. The first-order chi connectivity index (χ1) is 8.06. The van der Waals surface area contributed by atoms with E-state index in [1.54, 1.807) is 0 Å². The van der Waals surface area contributed by atoms with Crippen LogP contribution >= 0.6 is 0 Å². The number of carbonyl (C=O) groups excluding carboxylic acids is 2. The van der Waals surface area contributed by atoms with Crippen LogP contribution in [0.2, 0.25) is 0 Å². The van der Waals surface area contributed by atoms with Gasteiger partial charge >= 0.3 is 0 Å². The minimum Gasteiger partial charge on any atom is -0.384 e. The molecule has 0 spiro atoms. The molecule has 1 heterocycles. The van der Waals surface area contributed by atoms with Crippen molar-refractivity contribution in [2.24, 2.45) is 5.92 Å². The molecule has 1 aromatic rings. The lowest BCUT2D eigenvalue weighted by molar-refractivity contribution is -0.121. The molecule has 0 aliphatic rings. The fourth-order valence-electron chi connectivity index (χ4n) is 1.31. The van der Waals surface area contributed by atoms with Crippen molar-refractivity contribution in [1.82, 2.24) is 4.98 Å². The molecule has 0 bridgehead atoms. The summed E-state index contributed by atoms with van der Waals surface area (Å²) in [7, 11) is 1.49. The van der Waals surface area contributed by atoms with Crippen LogP contribution in [0.5, 0.6) is 0 Å². The van der Waals surface area contributed by atoms with Crippen LogP contribution in [0.4, 0.5) is 4.39 Å². The summed E-state index contributed by atoms with van der Waals surface area (Å²) in [5.41, 5.74) is 0.102. The summed E-state index contributed by atoms with van der Waals surface area (Å²) in [6.07, 6.45) is 1.14. The van der Waals surface area contributed by atoms with Crippen molar-refractivity contribution in [3.63, 3.8) is 0 Å². The zero-order chi connectivity index (χ0) is 12.8. The molecule has 0 amide bonds. The van der Waals surface area contributed by atoms with E-state index >= 15 is 0 Å². The van der Waals surface area contributed by atoms with Crippen molar-refractivity contribution in [3.05, 3.63) is 29.8 Å². The molecule has 92 valence electrons. The topological polar surface area (TPSA) is 56.3 Å². The van der Waals surface area contributed by atoms with Crippen molar-refractivity contribution < 1.29 is 18.7 Å². The Hall–Kier alpha value is -1.62. The number of halogens is 1. The molecule has 0 saturated carbocycles. The number of hydrogen-bond donors (Lipinski definition) is 0. The van der Waals surface area contributed by atoms with Crippen LogP contribution < -0.4 is 0 Å². The first-order valence-electron chi connectivity index (χ1n) is 5.23. The predicted octanol–water partition coefficient (Wildman–Crippen LogP) is 1.65. The number of nitrogens with zero attached hydrogens (tertiary/aromatic N) is 1. The molecule has 0 aliphatic carbocycles. The van der Waals surface area contributed by atoms with Crippen LogP contribution in [0, 0.1) is 11.7 Å². The minimum atomic E-state index is -0.775.